The maximum Gasteiger partial charge on any atom is 0.248 e. The SMILES string of the molecule is O=C(/C=C/c1cc(Cl)c2c(c1)OCCO2)Nc1ccccc1-n1ccnc1. The van der Waals surface area contributed by atoms with Gasteiger partial charge in [-0.1, -0.05) is 23.7 Å². The van der Waals surface area contributed by atoms with E-state index in [2.05, 4.69) is 10.3 Å². The van der Waals surface area contributed by atoms with E-state index in [0.717, 1.165) is 11.3 Å². The molecule has 6 nitrogen and oxygen atoms in total. The third-order valence-electron chi connectivity index (χ3n) is 3.99. The van der Waals surface area contributed by atoms with Gasteiger partial charge in [0, 0.05) is 18.5 Å². The van der Waals surface area contributed by atoms with Crippen LogP contribution >= 0.6 is 11.6 Å². The molecule has 2 heterocycles. The normalized spacial score (nSPS) is 12.9. The van der Waals surface area contributed by atoms with Crippen molar-refractivity contribution in [3.8, 4) is 17.2 Å². The van der Waals surface area contributed by atoms with Crippen LogP contribution in [-0.4, -0.2) is 28.7 Å². The molecule has 136 valence electrons. The molecular weight excluding hydrogens is 366 g/mol. The first-order chi connectivity index (χ1) is 13.2. The summed E-state index contributed by atoms with van der Waals surface area (Å²) in [6, 6.07) is 11.0. The molecular formula is C20H16ClN3O3. The number of para-hydroxylation sites is 2. The number of imidazole rings is 1. The Hall–Kier alpha value is -3.25. The van der Waals surface area contributed by atoms with E-state index in [0.29, 0.717) is 35.4 Å². The molecule has 27 heavy (non-hydrogen) atoms. The highest BCUT2D eigenvalue weighted by Gasteiger charge is 2.16. The monoisotopic (exact) mass is 381 g/mol. The van der Waals surface area contributed by atoms with Crippen molar-refractivity contribution < 1.29 is 14.3 Å². The molecule has 0 saturated heterocycles. The number of nitrogens with zero attached hydrogens (tertiary/aromatic N) is 2. The van der Waals surface area contributed by atoms with Crippen molar-refractivity contribution in [1.29, 1.82) is 0 Å². The lowest BCUT2D eigenvalue weighted by molar-refractivity contribution is -0.111. The summed E-state index contributed by atoms with van der Waals surface area (Å²) < 4.78 is 12.9. The Bertz CT molecular complexity index is 1000. The number of amides is 1. The molecule has 0 saturated carbocycles. The van der Waals surface area contributed by atoms with Gasteiger partial charge in [0.15, 0.2) is 11.5 Å². The fourth-order valence-corrected chi connectivity index (χ4v) is 3.05. The Kier molecular flexibility index (Phi) is 4.80. The van der Waals surface area contributed by atoms with E-state index in [1.54, 1.807) is 30.7 Å². The largest absolute Gasteiger partial charge is 0.486 e. The number of aromatic nitrogens is 2. The molecule has 1 N–H and O–H groups in total. The minimum Gasteiger partial charge on any atom is -0.486 e. The number of halogens is 1. The first kappa shape index (κ1) is 17.2. The predicted octanol–water partition coefficient (Wildman–Crippen LogP) is 3.95. The number of carbonyl (C=O) groups excluding carboxylic acids is 1. The topological polar surface area (TPSA) is 65.4 Å². The van der Waals surface area contributed by atoms with Gasteiger partial charge in [0.1, 0.15) is 13.2 Å². The summed E-state index contributed by atoms with van der Waals surface area (Å²) in [6.07, 6.45) is 8.31. The van der Waals surface area contributed by atoms with Crippen LogP contribution in [-0.2, 0) is 4.79 Å². The van der Waals surface area contributed by atoms with Crippen LogP contribution in [0.25, 0.3) is 11.8 Å². The minimum absolute atomic E-state index is 0.256. The number of nitrogens with one attached hydrogen (secondary N) is 1. The second kappa shape index (κ2) is 7.55. The fraction of sp³-hybridized carbons (Fsp3) is 0.100. The summed E-state index contributed by atoms with van der Waals surface area (Å²) >= 11 is 6.22. The average molecular weight is 382 g/mol. The highest BCUT2D eigenvalue weighted by molar-refractivity contribution is 6.32. The lowest BCUT2D eigenvalue weighted by Crippen LogP contribution is -2.15. The summed E-state index contributed by atoms with van der Waals surface area (Å²) in [7, 11) is 0. The van der Waals surface area contributed by atoms with Gasteiger partial charge in [-0.15, -0.1) is 0 Å². The number of anilines is 1. The fourth-order valence-electron chi connectivity index (χ4n) is 2.78. The van der Waals surface area contributed by atoms with E-state index in [-0.39, 0.29) is 5.91 Å². The Balaban J connectivity index is 1.52. The van der Waals surface area contributed by atoms with E-state index in [1.165, 1.54) is 6.08 Å². The molecule has 1 aromatic heterocycles. The predicted molar refractivity (Wildman–Crippen MR) is 104 cm³/mol. The molecule has 0 atom stereocenters. The molecule has 1 aliphatic heterocycles. The number of ether oxygens (including phenoxy) is 2. The van der Waals surface area contributed by atoms with Crippen molar-refractivity contribution in [1.82, 2.24) is 9.55 Å². The molecule has 0 unspecified atom stereocenters. The van der Waals surface area contributed by atoms with Gasteiger partial charge in [0.25, 0.3) is 0 Å². The maximum atomic E-state index is 12.4. The summed E-state index contributed by atoms with van der Waals surface area (Å²) in [5, 5.41) is 3.34. The van der Waals surface area contributed by atoms with E-state index >= 15 is 0 Å². The van der Waals surface area contributed by atoms with Gasteiger partial charge in [-0.3, -0.25) is 4.79 Å². The molecule has 7 heteroatoms. The zero-order chi connectivity index (χ0) is 18.6. The average Bonchev–Trinajstić information content (AvgIpc) is 3.21. The molecule has 4 rings (SSSR count). The van der Waals surface area contributed by atoms with Crippen molar-refractivity contribution in [2.75, 3.05) is 18.5 Å². The van der Waals surface area contributed by atoms with E-state index in [4.69, 9.17) is 21.1 Å². The smallest absolute Gasteiger partial charge is 0.248 e. The van der Waals surface area contributed by atoms with Crippen molar-refractivity contribution in [2.24, 2.45) is 0 Å². The van der Waals surface area contributed by atoms with Gasteiger partial charge in [-0.25, -0.2) is 4.98 Å². The second-order valence-corrected chi connectivity index (χ2v) is 6.24. The molecule has 0 bridgehead atoms. The maximum absolute atomic E-state index is 12.4. The van der Waals surface area contributed by atoms with Gasteiger partial charge in [-0.05, 0) is 35.9 Å². The van der Waals surface area contributed by atoms with Gasteiger partial charge < -0.3 is 19.4 Å². The molecule has 0 spiro atoms. The van der Waals surface area contributed by atoms with E-state index in [9.17, 15) is 4.79 Å². The number of fused-ring (bicyclic) bond motifs is 1. The third kappa shape index (κ3) is 3.80. The molecule has 1 aliphatic rings. The van der Waals surface area contributed by atoms with Crippen molar-refractivity contribution in [2.45, 2.75) is 0 Å². The zero-order valence-electron chi connectivity index (χ0n) is 14.3. The second-order valence-electron chi connectivity index (χ2n) is 5.84. The number of benzene rings is 2. The van der Waals surface area contributed by atoms with Crippen LogP contribution in [0.1, 0.15) is 5.56 Å². The molecule has 0 aliphatic carbocycles. The van der Waals surface area contributed by atoms with Gasteiger partial charge in [0.05, 0.1) is 22.7 Å². The molecule has 1 amide bonds. The molecule has 3 aromatic rings. The van der Waals surface area contributed by atoms with Crippen molar-refractivity contribution in [3.05, 3.63) is 71.8 Å². The molecule has 0 fully saturated rings. The number of hydrogen-bond donors (Lipinski definition) is 1. The van der Waals surface area contributed by atoms with Crippen LogP contribution in [0.15, 0.2) is 61.2 Å². The molecule has 2 aromatic carbocycles. The van der Waals surface area contributed by atoms with E-state index in [1.807, 2.05) is 35.0 Å². The zero-order valence-corrected chi connectivity index (χ0v) is 15.0. The lowest BCUT2D eigenvalue weighted by atomic mass is 10.1. The van der Waals surface area contributed by atoms with Crippen LogP contribution in [0.4, 0.5) is 5.69 Å². The standard InChI is InChI=1S/C20H16ClN3O3/c21-15-11-14(12-18-20(15)27-10-9-26-18)5-6-19(25)23-16-3-1-2-4-17(16)24-8-7-22-13-24/h1-8,11-13H,9-10H2,(H,23,25)/b6-5+. The number of hydrogen-bond acceptors (Lipinski definition) is 4. The van der Waals surface area contributed by atoms with Crippen LogP contribution in [0.5, 0.6) is 11.5 Å². The number of rotatable bonds is 4. The van der Waals surface area contributed by atoms with Crippen LogP contribution in [0.2, 0.25) is 5.02 Å². The van der Waals surface area contributed by atoms with Gasteiger partial charge in [0.2, 0.25) is 5.91 Å². The van der Waals surface area contributed by atoms with Crippen LogP contribution < -0.4 is 14.8 Å². The third-order valence-corrected chi connectivity index (χ3v) is 4.27. The first-order valence-electron chi connectivity index (χ1n) is 8.36. The Labute approximate surface area is 161 Å². The van der Waals surface area contributed by atoms with Crippen LogP contribution in [0, 0.1) is 0 Å². The Morgan fingerprint density at radius 2 is 2.07 bits per heavy atom. The lowest BCUT2D eigenvalue weighted by Gasteiger charge is -2.19. The number of carbonyl (C=O) groups is 1. The highest BCUT2D eigenvalue weighted by Crippen LogP contribution is 2.38. The Morgan fingerprint density at radius 3 is 2.93 bits per heavy atom. The van der Waals surface area contributed by atoms with Gasteiger partial charge >= 0.3 is 0 Å². The summed E-state index contributed by atoms with van der Waals surface area (Å²) in [5.41, 5.74) is 2.27. The van der Waals surface area contributed by atoms with Gasteiger partial charge in [-0.2, -0.15) is 0 Å². The quantitative estimate of drug-likeness (QED) is 0.695. The summed E-state index contributed by atoms with van der Waals surface area (Å²) in [5.74, 6) is 0.867. The summed E-state index contributed by atoms with van der Waals surface area (Å²) in [6.45, 7) is 0.947. The van der Waals surface area contributed by atoms with Crippen molar-refractivity contribution in [3.63, 3.8) is 0 Å². The Morgan fingerprint density at radius 1 is 1.22 bits per heavy atom. The first-order valence-corrected chi connectivity index (χ1v) is 8.74. The van der Waals surface area contributed by atoms with E-state index < -0.39 is 0 Å². The van der Waals surface area contributed by atoms with Crippen molar-refractivity contribution >= 4 is 29.3 Å². The minimum atomic E-state index is -0.256. The summed E-state index contributed by atoms with van der Waals surface area (Å²) in [4.78, 5) is 16.4. The molecule has 0 radical (unpaired) electrons. The van der Waals surface area contributed by atoms with Crippen LogP contribution in [0.3, 0.4) is 0 Å². The highest BCUT2D eigenvalue weighted by atomic mass is 35.5.